The van der Waals surface area contributed by atoms with Gasteiger partial charge in [0.05, 0.1) is 6.10 Å². The fourth-order valence-electron chi connectivity index (χ4n) is 3.28. The number of rotatable bonds is 4. The maximum Gasteiger partial charge on any atom is 0.308 e. The second kappa shape index (κ2) is 6.61. The van der Waals surface area contributed by atoms with Gasteiger partial charge in [-0.3, -0.25) is 4.79 Å². The molecule has 0 heterocycles. The van der Waals surface area contributed by atoms with Crippen molar-refractivity contribution in [1.82, 2.24) is 0 Å². The lowest BCUT2D eigenvalue weighted by atomic mass is 9.64. The van der Waals surface area contributed by atoms with Crippen LogP contribution in [0.3, 0.4) is 0 Å². The van der Waals surface area contributed by atoms with Crippen LogP contribution in [0.4, 0.5) is 0 Å². The Bertz CT molecular complexity index is 471. The third-order valence-electron chi connectivity index (χ3n) is 4.86. The van der Waals surface area contributed by atoms with E-state index in [4.69, 9.17) is 9.47 Å². The lowest BCUT2D eigenvalue weighted by Crippen LogP contribution is -2.33. The molecular weight excluding hydrogens is 264 g/mol. The zero-order chi connectivity index (χ0) is 15.5. The molecule has 3 heteroatoms. The van der Waals surface area contributed by atoms with Gasteiger partial charge in [0, 0.05) is 14.0 Å². The van der Waals surface area contributed by atoms with E-state index < -0.39 is 0 Å². The van der Waals surface area contributed by atoms with Crippen LogP contribution in [-0.2, 0) is 14.3 Å². The molecule has 21 heavy (non-hydrogen) atoms. The van der Waals surface area contributed by atoms with Crippen LogP contribution in [0.25, 0.3) is 0 Å². The summed E-state index contributed by atoms with van der Waals surface area (Å²) in [5.74, 6) is 1.44. The lowest BCUT2D eigenvalue weighted by Gasteiger charge is -2.41. The first-order chi connectivity index (χ1) is 9.93. The molecule has 0 aromatic rings. The fourth-order valence-corrected chi connectivity index (χ4v) is 3.28. The van der Waals surface area contributed by atoms with Crippen molar-refractivity contribution in [2.45, 2.75) is 46.1 Å². The molecule has 116 valence electrons. The second-order valence-electron chi connectivity index (χ2n) is 6.57. The minimum Gasteiger partial charge on any atom is -0.427 e. The molecule has 3 unspecified atom stereocenters. The Labute approximate surface area is 127 Å². The molecule has 2 aliphatic carbocycles. The molecule has 3 nitrogen and oxygen atoms in total. The van der Waals surface area contributed by atoms with Crippen molar-refractivity contribution in [2.24, 2.45) is 17.3 Å². The van der Waals surface area contributed by atoms with Gasteiger partial charge in [-0.25, -0.2) is 0 Å². The molecule has 0 bridgehead atoms. The van der Waals surface area contributed by atoms with Crippen LogP contribution in [0.1, 0.15) is 40.0 Å². The van der Waals surface area contributed by atoms with Crippen LogP contribution >= 0.6 is 0 Å². The average molecular weight is 290 g/mol. The standard InChI is InChI=1S/C18H26O3/c1-13(19)21-17-11-7-15(8-12-17)18(2,3)14-5-9-16(20-4)10-6-14/h5,7,9,11-12,14-16H,6,8,10H2,1-4H3. The van der Waals surface area contributed by atoms with E-state index in [1.807, 2.05) is 12.2 Å². The molecule has 0 spiro atoms. The normalized spacial score (nSPS) is 29.1. The Balaban J connectivity index is 2.00. The summed E-state index contributed by atoms with van der Waals surface area (Å²) in [6, 6.07) is 0. The molecule has 0 saturated heterocycles. The van der Waals surface area contributed by atoms with Crippen LogP contribution in [0.15, 0.2) is 36.1 Å². The summed E-state index contributed by atoms with van der Waals surface area (Å²) < 4.78 is 10.5. The van der Waals surface area contributed by atoms with Crippen molar-refractivity contribution >= 4 is 5.97 Å². The third kappa shape index (κ3) is 3.85. The summed E-state index contributed by atoms with van der Waals surface area (Å²) in [5, 5.41) is 0. The van der Waals surface area contributed by atoms with Crippen molar-refractivity contribution in [3.05, 3.63) is 36.1 Å². The smallest absolute Gasteiger partial charge is 0.308 e. The summed E-state index contributed by atoms with van der Waals surface area (Å²) in [7, 11) is 1.77. The summed E-state index contributed by atoms with van der Waals surface area (Å²) in [4.78, 5) is 11.0. The maximum absolute atomic E-state index is 11.0. The Kier molecular flexibility index (Phi) is 5.04. The van der Waals surface area contributed by atoms with Gasteiger partial charge in [-0.2, -0.15) is 0 Å². The molecule has 3 atom stereocenters. The molecule has 0 N–H and O–H groups in total. The average Bonchev–Trinajstić information content (AvgIpc) is 2.47. The Hall–Kier alpha value is -1.35. The minimum absolute atomic E-state index is 0.184. The minimum atomic E-state index is -0.260. The summed E-state index contributed by atoms with van der Waals surface area (Å²) >= 11 is 0. The van der Waals surface area contributed by atoms with Crippen molar-refractivity contribution in [1.29, 1.82) is 0 Å². The van der Waals surface area contributed by atoms with E-state index in [-0.39, 0.29) is 17.5 Å². The van der Waals surface area contributed by atoms with Crippen LogP contribution in [0, 0.1) is 17.3 Å². The number of hydrogen-bond donors (Lipinski definition) is 0. The molecule has 0 aliphatic heterocycles. The molecule has 0 saturated carbocycles. The van der Waals surface area contributed by atoms with Gasteiger partial charge >= 0.3 is 5.97 Å². The Morgan fingerprint density at radius 2 is 1.95 bits per heavy atom. The third-order valence-corrected chi connectivity index (χ3v) is 4.86. The maximum atomic E-state index is 11.0. The molecule has 0 aromatic heterocycles. The van der Waals surface area contributed by atoms with Crippen molar-refractivity contribution < 1.29 is 14.3 Å². The highest BCUT2D eigenvalue weighted by Crippen LogP contribution is 2.44. The molecule has 2 aliphatic rings. The van der Waals surface area contributed by atoms with Crippen LogP contribution in [0.5, 0.6) is 0 Å². The molecule has 0 fully saturated rings. The first-order valence-electron chi connectivity index (χ1n) is 7.71. The molecule has 0 amide bonds. The van der Waals surface area contributed by atoms with Gasteiger partial charge in [0.2, 0.25) is 0 Å². The second-order valence-corrected chi connectivity index (χ2v) is 6.57. The van der Waals surface area contributed by atoms with Crippen LogP contribution in [-0.4, -0.2) is 19.2 Å². The van der Waals surface area contributed by atoms with Gasteiger partial charge < -0.3 is 9.47 Å². The topological polar surface area (TPSA) is 35.5 Å². The number of carbonyl (C=O) groups is 1. The number of methoxy groups -OCH3 is 1. The fraction of sp³-hybridized carbons (Fsp3) is 0.611. The van der Waals surface area contributed by atoms with Gasteiger partial charge in [-0.1, -0.05) is 32.1 Å². The number of ether oxygens (including phenoxy) is 2. The molecule has 0 radical (unpaired) electrons. The highest BCUT2D eigenvalue weighted by molar-refractivity contribution is 5.67. The first kappa shape index (κ1) is 16.0. The molecular formula is C18H26O3. The highest BCUT2D eigenvalue weighted by atomic mass is 16.5. The Morgan fingerprint density at radius 3 is 2.43 bits per heavy atom. The van der Waals surface area contributed by atoms with E-state index in [2.05, 4.69) is 32.1 Å². The lowest BCUT2D eigenvalue weighted by molar-refractivity contribution is -0.136. The summed E-state index contributed by atoms with van der Waals surface area (Å²) in [6.07, 6.45) is 14.1. The predicted octanol–water partition coefficient (Wildman–Crippen LogP) is 4.02. The van der Waals surface area contributed by atoms with Gasteiger partial charge in [-0.15, -0.1) is 0 Å². The zero-order valence-corrected chi connectivity index (χ0v) is 13.5. The number of carbonyl (C=O) groups excluding carboxylic acids is 1. The SMILES string of the molecule is COC1C=CC(C(C)(C)C2C=CC(OC(C)=O)=CC2)CC1. The Morgan fingerprint density at radius 1 is 1.19 bits per heavy atom. The molecule has 0 aromatic carbocycles. The molecule has 2 rings (SSSR count). The van der Waals surface area contributed by atoms with Crippen molar-refractivity contribution in [2.75, 3.05) is 7.11 Å². The number of allylic oxidation sites excluding steroid dienone is 4. The monoisotopic (exact) mass is 290 g/mol. The van der Waals surface area contributed by atoms with Crippen LogP contribution < -0.4 is 0 Å². The number of esters is 1. The highest BCUT2D eigenvalue weighted by Gasteiger charge is 2.36. The van der Waals surface area contributed by atoms with E-state index in [0.717, 1.165) is 19.3 Å². The zero-order valence-electron chi connectivity index (χ0n) is 13.5. The van der Waals surface area contributed by atoms with Crippen molar-refractivity contribution in [3.8, 4) is 0 Å². The quantitative estimate of drug-likeness (QED) is 0.579. The van der Waals surface area contributed by atoms with Gasteiger partial charge in [-0.05, 0) is 48.7 Å². The first-order valence-corrected chi connectivity index (χ1v) is 7.71. The van der Waals surface area contributed by atoms with E-state index in [1.54, 1.807) is 7.11 Å². The summed E-state index contributed by atoms with van der Waals surface area (Å²) in [5.41, 5.74) is 0.184. The van der Waals surface area contributed by atoms with Crippen LogP contribution in [0.2, 0.25) is 0 Å². The summed E-state index contributed by atoms with van der Waals surface area (Å²) in [6.45, 7) is 6.09. The largest absolute Gasteiger partial charge is 0.427 e. The predicted molar refractivity (Wildman–Crippen MR) is 83.5 cm³/mol. The van der Waals surface area contributed by atoms with Gasteiger partial charge in [0.25, 0.3) is 0 Å². The van der Waals surface area contributed by atoms with Gasteiger partial charge in [0.1, 0.15) is 5.76 Å². The van der Waals surface area contributed by atoms with Gasteiger partial charge in [0.15, 0.2) is 0 Å². The van der Waals surface area contributed by atoms with E-state index in [1.165, 1.54) is 6.92 Å². The number of hydrogen-bond acceptors (Lipinski definition) is 3. The van der Waals surface area contributed by atoms with E-state index in [9.17, 15) is 4.79 Å². The van der Waals surface area contributed by atoms with E-state index in [0.29, 0.717) is 17.6 Å². The van der Waals surface area contributed by atoms with Crippen molar-refractivity contribution in [3.63, 3.8) is 0 Å². The van der Waals surface area contributed by atoms with E-state index >= 15 is 0 Å².